The minimum Gasteiger partial charge on any atom is -0.462 e. The van der Waals surface area contributed by atoms with Crippen molar-refractivity contribution in [2.24, 2.45) is 0 Å². The van der Waals surface area contributed by atoms with Crippen LogP contribution in [0, 0.1) is 11.7 Å². The van der Waals surface area contributed by atoms with Gasteiger partial charge in [-0.1, -0.05) is 24.8 Å². The zero-order valence-electron chi connectivity index (χ0n) is 16.2. The summed E-state index contributed by atoms with van der Waals surface area (Å²) in [6.07, 6.45) is 1.65. The number of alkyl halides is 1. The van der Waals surface area contributed by atoms with E-state index in [-0.39, 0.29) is 18.6 Å². The van der Waals surface area contributed by atoms with E-state index in [1.807, 2.05) is 30.3 Å². The molecule has 0 fully saturated rings. The molecule has 2 rings (SSSR count). The molecule has 1 atom stereocenters. The van der Waals surface area contributed by atoms with Crippen LogP contribution in [0.4, 0.5) is 4.39 Å². The number of rotatable bonds is 9. The van der Waals surface area contributed by atoms with Gasteiger partial charge in [0.05, 0.1) is 12.3 Å². The number of esters is 1. The first-order valence-electron chi connectivity index (χ1n) is 9.16. The Morgan fingerprint density at radius 3 is 2.61 bits per heavy atom. The molecule has 0 saturated carbocycles. The number of aromatic nitrogens is 2. The van der Waals surface area contributed by atoms with Crippen LogP contribution in [0.1, 0.15) is 31.7 Å². The van der Waals surface area contributed by atoms with Crippen molar-refractivity contribution in [1.82, 2.24) is 9.13 Å². The first kappa shape index (κ1) is 21.8. The number of halogens is 1. The highest BCUT2D eigenvalue weighted by molar-refractivity contribution is 7.71. The zero-order chi connectivity index (χ0) is 20.7. The van der Waals surface area contributed by atoms with Crippen molar-refractivity contribution in [3.8, 4) is 5.69 Å². The van der Waals surface area contributed by atoms with E-state index in [2.05, 4.69) is 6.58 Å². The van der Waals surface area contributed by atoms with Crippen LogP contribution in [0.25, 0.3) is 5.69 Å². The van der Waals surface area contributed by atoms with Crippen LogP contribution < -0.4 is 5.56 Å². The van der Waals surface area contributed by atoms with Crippen LogP contribution in [0.2, 0.25) is 0 Å². The van der Waals surface area contributed by atoms with Gasteiger partial charge in [0.25, 0.3) is 5.56 Å². The van der Waals surface area contributed by atoms with E-state index in [4.69, 9.17) is 17.0 Å². The standard InChI is InChI=1S/C21H25FN2O3S/c1-15(2)20(26)27-13-11-17(22)8-7-12-23-14-16(3)19(25)24(21(23)28)18-9-5-4-6-10-18/h4-6,9-10,14,17H,1,7-8,11-13H2,2-3H3. The molecule has 0 aliphatic heterocycles. The van der Waals surface area contributed by atoms with Gasteiger partial charge in [0.1, 0.15) is 6.17 Å². The van der Waals surface area contributed by atoms with Gasteiger partial charge < -0.3 is 9.30 Å². The number of ether oxygens (including phenoxy) is 1. The molecule has 0 saturated heterocycles. The summed E-state index contributed by atoms with van der Waals surface area (Å²) in [5.74, 6) is -0.503. The number of nitrogens with zero attached hydrogens (tertiary/aromatic N) is 2. The number of aryl methyl sites for hydroxylation is 2. The second kappa shape index (κ2) is 10.1. The first-order chi connectivity index (χ1) is 13.3. The smallest absolute Gasteiger partial charge is 0.333 e. The fourth-order valence-corrected chi connectivity index (χ4v) is 3.06. The van der Waals surface area contributed by atoms with Gasteiger partial charge >= 0.3 is 5.97 Å². The Labute approximate surface area is 169 Å². The highest BCUT2D eigenvalue weighted by Gasteiger charge is 2.11. The van der Waals surface area contributed by atoms with Crippen LogP contribution >= 0.6 is 12.2 Å². The molecule has 28 heavy (non-hydrogen) atoms. The first-order valence-corrected chi connectivity index (χ1v) is 9.57. The lowest BCUT2D eigenvalue weighted by Crippen LogP contribution is -2.25. The molecular formula is C21H25FN2O3S. The van der Waals surface area contributed by atoms with Crippen LogP contribution in [-0.4, -0.2) is 27.9 Å². The molecule has 0 radical (unpaired) electrons. The number of benzene rings is 1. The molecular weight excluding hydrogens is 379 g/mol. The second-order valence-electron chi connectivity index (χ2n) is 6.71. The quantitative estimate of drug-likeness (QED) is 0.355. The normalized spacial score (nSPS) is 11.8. The monoisotopic (exact) mass is 404 g/mol. The average molecular weight is 405 g/mol. The third kappa shape index (κ3) is 5.73. The zero-order valence-corrected chi connectivity index (χ0v) is 17.0. The Hall–Kier alpha value is -2.54. The van der Waals surface area contributed by atoms with Crippen molar-refractivity contribution < 1.29 is 13.9 Å². The Morgan fingerprint density at radius 2 is 1.96 bits per heavy atom. The number of hydrogen-bond acceptors (Lipinski definition) is 4. The summed E-state index contributed by atoms with van der Waals surface area (Å²) in [4.78, 5) is 23.8. The summed E-state index contributed by atoms with van der Waals surface area (Å²) in [6, 6.07) is 9.21. The third-order valence-electron chi connectivity index (χ3n) is 4.27. The average Bonchev–Trinajstić information content (AvgIpc) is 2.66. The largest absolute Gasteiger partial charge is 0.462 e. The van der Waals surface area contributed by atoms with Crippen molar-refractivity contribution in [3.05, 3.63) is 69.4 Å². The van der Waals surface area contributed by atoms with Crippen molar-refractivity contribution in [3.63, 3.8) is 0 Å². The van der Waals surface area contributed by atoms with Gasteiger partial charge in [-0.25, -0.2) is 9.18 Å². The maximum Gasteiger partial charge on any atom is 0.333 e. The minimum atomic E-state index is -1.08. The summed E-state index contributed by atoms with van der Waals surface area (Å²) in [5.41, 5.74) is 1.42. The molecule has 150 valence electrons. The van der Waals surface area contributed by atoms with Crippen molar-refractivity contribution in [1.29, 1.82) is 0 Å². The molecule has 0 spiro atoms. The van der Waals surface area contributed by atoms with Crippen molar-refractivity contribution >= 4 is 18.2 Å². The highest BCUT2D eigenvalue weighted by Crippen LogP contribution is 2.11. The van der Waals surface area contributed by atoms with Crippen LogP contribution in [0.3, 0.4) is 0 Å². The fraction of sp³-hybridized carbons (Fsp3) is 0.381. The van der Waals surface area contributed by atoms with E-state index in [0.717, 1.165) is 0 Å². The predicted octanol–water partition coefficient (Wildman–Crippen LogP) is 4.30. The van der Waals surface area contributed by atoms with Crippen LogP contribution in [-0.2, 0) is 16.1 Å². The minimum absolute atomic E-state index is 0.0320. The highest BCUT2D eigenvalue weighted by atomic mass is 32.1. The number of carbonyl (C=O) groups is 1. The second-order valence-corrected chi connectivity index (χ2v) is 7.07. The summed E-state index contributed by atoms with van der Waals surface area (Å²) in [6.45, 7) is 7.30. The molecule has 0 bridgehead atoms. The molecule has 0 N–H and O–H groups in total. The van der Waals surface area contributed by atoms with Crippen molar-refractivity contribution in [2.45, 2.75) is 45.8 Å². The van der Waals surface area contributed by atoms with Gasteiger partial charge in [-0.3, -0.25) is 9.36 Å². The van der Waals surface area contributed by atoms with Crippen LogP contribution in [0.15, 0.2) is 53.5 Å². The number of carbonyl (C=O) groups excluding carboxylic acids is 1. The van der Waals surface area contributed by atoms with Gasteiger partial charge in [0, 0.05) is 30.3 Å². The molecule has 7 heteroatoms. The maximum atomic E-state index is 14.0. The van der Waals surface area contributed by atoms with Gasteiger partial charge in [-0.2, -0.15) is 0 Å². The molecule has 1 aromatic carbocycles. The topological polar surface area (TPSA) is 53.2 Å². The van der Waals surface area contributed by atoms with Crippen molar-refractivity contribution in [2.75, 3.05) is 6.61 Å². The SMILES string of the molecule is C=C(C)C(=O)OCCC(F)CCCn1cc(C)c(=O)n(-c2ccccc2)c1=S. The lowest BCUT2D eigenvalue weighted by Gasteiger charge is -2.14. The molecule has 0 amide bonds. The molecule has 1 unspecified atom stereocenters. The molecule has 1 aromatic heterocycles. The fourth-order valence-electron chi connectivity index (χ4n) is 2.73. The maximum absolute atomic E-state index is 14.0. The third-order valence-corrected chi connectivity index (χ3v) is 4.69. The van der Waals surface area contributed by atoms with E-state index in [1.165, 1.54) is 4.57 Å². The van der Waals surface area contributed by atoms with Crippen LogP contribution in [0.5, 0.6) is 0 Å². The van der Waals surface area contributed by atoms with Gasteiger partial charge in [-0.05, 0) is 51.0 Å². The van der Waals surface area contributed by atoms with E-state index in [1.54, 1.807) is 24.6 Å². The number of para-hydroxylation sites is 1. The molecule has 5 nitrogen and oxygen atoms in total. The van der Waals surface area contributed by atoms with Gasteiger partial charge in [-0.15, -0.1) is 0 Å². The summed E-state index contributed by atoms with van der Waals surface area (Å²) < 4.78 is 22.6. The molecule has 0 aliphatic carbocycles. The number of hydrogen-bond donors (Lipinski definition) is 0. The Morgan fingerprint density at radius 1 is 1.29 bits per heavy atom. The Kier molecular flexibility index (Phi) is 7.87. The van der Waals surface area contributed by atoms with E-state index in [9.17, 15) is 14.0 Å². The predicted molar refractivity (Wildman–Crippen MR) is 110 cm³/mol. The molecule has 0 aliphatic rings. The lowest BCUT2D eigenvalue weighted by atomic mass is 10.1. The molecule has 2 aromatic rings. The summed E-state index contributed by atoms with van der Waals surface area (Å²) in [7, 11) is 0. The van der Waals surface area contributed by atoms with Gasteiger partial charge in [0.15, 0.2) is 4.77 Å². The Bertz CT molecular complexity index is 950. The van der Waals surface area contributed by atoms with E-state index >= 15 is 0 Å². The molecule has 1 heterocycles. The summed E-state index contributed by atoms with van der Waals surface area (Å²) in [5, 5.41) is 0. The van der Waals surface area contributed by atoms with Gasteiger partial charge in [0.2, 0.25) is 0 Å². The van der Waals surface area contributed by atoms with E-state index in [0.29, 0.717) is 41.0 Å². The summed E-state index contributed by atoms with van der Waals surface area (Å²) >= 11 is 5.49. The Balaban J connectivity index is 1.99. The van der Waals surface area contributed by atoms with E-state index < -0.39 is 12.1 Å². The lowest BCUT2D eigenvalue weighted by molar-refractivity contribution is -0.139.